The fraction of sp³-hybridized carbons (Fsp3) is 0.889. The molecule has 1 amide bonds. The highest BCUT2D eigenvalue weighted by atomic mass is 35.5. The minimum atomic E-state index is -4.33. The molecule has 0 fully saturated rings. The van der Waals surface area contributed by atoms with Crippen LogP contribution in [0.15, 0.2) is 0 Å². The van der Waals surface area contributed by atoms with Gasteiger partial charge < -0.3 is 5.32 Å². The molecule has 2 nitrogen and oxygen atoms in total. The molecule has 0 aromatic heterocycles. The monoisotopic (exact) mass is 279 g/mol. The Hall–Kier alpha value is -0.160. The van der Waals surface area contributed by atoms with Gasteiger partial charge in [0.05, 0.1) is 12.0 Å². The van der Waals surface area contributed by atoms with Crippen LogP contribution in [0, 0.1) is 0 Å². The van der Waals surface area contributed by atoms with E-state index in [9.17, 15) is 18.0 Å². The summed E-state index contributed by atoms with van der Waals surface area (Å²) in [5, 5.41) is 2.45. The first kappa shape index (κ1) is 15.8. The number of halogens is 5. The average Bonchev–Trinajstić information content (AvgIpc) is 2.22. The molecule has 0 aliphatic carbocycles. The van der Waals surface area contributed by atoms with Crippen LogP contribution in [-0.4, -0.2) is 29.4 Å². The van der Waals surface area contributed by atoms with E-state index in [2.05, 4.69) is 5.32 Å². The third kappa shape index (κ3) is 5.80. The predicted molar refractivity (Wildman–Crippen MR) is 57.9 cm³/mol. The molecule has 0 saturated heterocycles. The van der Waals surface area contributed by atoms with Gasteiger partial charge in [0, 0.05) is 18.2 Å². The van der Waals surface area contributed by atoms with Crippen LogP contribution in [0.4, 0.5) is 13.2 Å². The molecule has 0 aromatic rings. The Morgan fingerprint density at radius 3 is 2.06 bits per heavy atom. The van der Waals surface area contributed by atoms with Crippen LogP contribution in [0.25, 0.3) is 0 Å². The predicted octanol–water partition coefficient (Wildman–Crippen LogP) is 3.07. The quantitative estimate of drug-likeness (QED) is 0.744. The Balaban J connectivity index is 4.21. The van der Waals surface area contributed by atoms with Gasteiger partial charge in [0.1, 0.15) is 0 Å². The summed E-state index contributed by atoms with van der Waals surface area (Å²) in [6, 6.07) is 0. The zero-order valence-electron chi connectivity index (χ0n) is 8.83. The van der Waals surface area contributed by atoms with E-state index in [-0.39, 0.29) is 11.8 Å². The van der Waals surface area contributed by atoms with Crippen molar-refractivity contribution in [3.05, 3.63) is 0 Å². The lowest BCUT2D eigenvalue weighted by molar-refractivity contribution is -0.144. The van der Waals surface area contributed by atoms with E-state index in [1.165, 1.54) is 0 Å². The molecule has 0 aromatic carbocycles. The van der Waals surface area contributed by atoms with Crippen LogP contribution < -0.4 is 5.32 Å². The maximum absolute atomic E-state index is 11.9. The number of nitrogens with one attached hydrogen (secondary N) is 1. The number of carbonyl (C=O) groups is 1. The lowest BCUT2D eigenvalue weighted by atomic mass is 10.0. The van der Waals surface area contributed by atoms with Gasteiger partial charge >= 0.3 is 6.18 Å². The highest BCUT2D eigenvalue weighted by Gasteiger charge is 2.31. The molecular weight excluding hydrogens is 266 g/mol. The van der Waals surface area contributed by atoms with Gasteiger partial charge in [-0.15, -0.1) is 23.2 Å². The summed E-state index contributed by atoms with van der Waals surface area (Å²) in [5.41, 5.74) is -0.814. The summed E-state index contributed by atoms with van der Waals surface area (Å²) in [4.78, 5) is 11.3. The molecule has 96 valence electrons. The van der Waals surface area contributed by atoms with E-state index in [0.717, 1.165) is 0 Å². The van der Waals surface area contributed by atoms with Crippen molar-refractivity contribution in [2.45, 2.75) is 37.9 Å². The molecule has 0 heterocycles. The highest BCUT2D eigenvalue weighted by Crippen LogP contribution is 2.22. The summed E-state index contributed by atoms with van der Waals surface area (Å²) in [7, 11) is 0. The van der Waals surface area contributed by atoms with Gasteiger partial charge in [0.25, 0.3) is 0 Å². The summed E-state index contributed by atoms with van der Waals surface area (Å²) < 4.78 is 35.6. The molecule has 7 heteroatoms. The number of rotatable bonds is 6. The maximum Gasteiger partial charge on any atom is 0.389 e. The molecular formula is C9H14Cl2F3NO. The van der Waals surface area contributed by atoms with Crippen molar-refractivity contribution in [3.63, 3.8) is 0 Å². The Kier molecular flexibility index (Phi) is 6.48. The Morgan fingerprint density at radius 1 is 1.25 bits per heavy atom. The van der Waals surface area contributed by atoms with Crippen molar-refractivity contribution in [1.82, 2.24) is 5.32 Å². The van der Waals surface area contributed by atoms with E-state index >= 15 is 0 Å². The van der Waals surface area contributed by atoms with Gasteiger partial charge in [0.2, 0.25) is 5.91 Å². The van der Waals surface area contributed by atoms with Crippen LogP contribution in [-0.2, 0) is 4.79 Å². The van der Waals surface area contributed by atoms with Crippen LogP contribution >= 0.6 is 23.2 Å². The molecule has 0 bridgehead atoms. The van der Waals surface area contributed by atoms with Gasteiger partial charge in [-0.05, 0) is 6.42 Å². The van der Waals surface area contributed by atoms with Crippen LogP contribution in [0.2, 0.25) is 0 Å². The first-order valence-corrected chi connectivity index (χ1v) is 5.85. The second-order valence-electron chi connectivity index (χ2n) is 3.56. The SMILES string of the molecule is CCC(CCl)(CCl)NC(=O)CCC(F)(F)F. The van der Waals surface area contributed by atoms with Crippen molar-refractivity contribution in [2.75, 3.05) is 11.8 Å². The van der Waals surface area contributed by atoms with Gasteiger partial charge in [0.15, 0.2) is 0 Å². The van der Waals surface area contributed by atoms with Crippen LogP contribution in [0.5, 0.6) is 0 Å². The minimum absolute atomic E-state index is 0.0742. The number of carbonyl (C=O) groups excluding carboxylic acids is 1. The van der Waals surface area contributed by atoms with Crippen molar-refractivity contribution < 1.29 is 18.0 Å². The van der Waals surface area contributed by atoms with E-state index in [1.807, 2.05) is 0 Å². The number of alkyl halides is 5. The van der Waals surface area contributed by atoms with Crippen molar-refractivity contribution in [1.29, 1.82) is 0 Å². The molecule has 0 saturated carbocycles. The largest absolute Gasteiger partial charge is 0.389 e. The third-order valence-corrected chi connectivity index (χ3v) is 3.25. The van der Waals surface area contributed by atoms with Gasteiger partial charge in [-0.2, -0.15) is 13.2 Å². The van der Waals surface area contributed by atoms with E-state index < -0.39 is 30.5 Å². The molecule has 16 heavy (non-hydrogen) atoms. The van der Waals surface area contributed by atoms with Crippen LogP contribution in [0.1, 0.15) is 26.2 Å². The number of hydrogen-bond acceptors (Lipinski definition) is 1. The second kappa shape index (κ2) is 6.55. The maximum atomic E-state index is 11.9. The Bertz CT molecular complexity index is 221. The van der Waals surface area contributed by atoms with Crippen LogP contribution in [0.3, 0.4) is 0 Å². The zero-order valence-corrected chi connectivity index (χ0v) is 10.3. The highest BCUT2D eigenvalue weighted by molar-refractivity contribution is 6.22. The summed E-state index contributed by atoms with van der Waals surface area (Å²) >= 11 is 11.3. The molecule has 0 atom stereocenters. The third-order valence-electron chi connectivity index (χ3n) is 2.23. The average molecular weight is 280 g/mol. The molecule has 0 aliphatic rings. The molecule has 0 aliphatic heterocycles. The molecule has 0 unspecified atom stereocenters. The topological polar surface area (TPSA) is 29.1 Å². The molecule has 0 rings (SSSR count). The van der Waals surface area contributed by atoms with Crippen molar-refractivity contribution in [2.24, 2.45) is 0 Å². The van der Waals surface area contributed by atoms with E-state index in [1.54, 1.807) is 6.92 Å². The van der Waals surface area contributed by atoms with E-state index in [4.69, 9.17) is 23.2 Å². The Labute approximate surface area is 102 Å². The standard InChI is InChI=1S/C9H14Cl2F3NO/c1-2-8(5-10,6-11)15-7(16)3-4-9(12,13)14/h2-6H2,1H3,(H,15,16). The fourth-order valence-electron chi connectivity index (χ4n) is 0.993. The van der Waals surface area contributed by atoms with Gasteiger partial charge in [-0.25, -0.2) is 0 Å². The van der Waals surface area contributed by atoms with Crippen molar-refractivity contribution in [3.8, 4) is 0 Å². The van der Waals surface area contributed by atoms with E-state index in [0.29, 0.717) is 6.42 Å². The fourth-order valence-corrected chi connectivity index (χ4v) is 1.79. The molecule has 0 spiro atoms. The lowest BCUT2D eigenvalue weighted by Gasteiger charge is -2.29. The zero-order chi connectivity index (χ0) is 12.8. The Morgan fingerprint density at radius 2 is 1.75 bits per heavy atom. The normalized spacial score (nSPS) is 12.6. The van der Waals surface area contributed by atoms with Crippen molar-refractivity contribution >= 4 is 29.1 Å². The minimum Gasteiger partial charge on any atom is -0.348 e. The number of amides is 1. The second-order valence-corrected chi connectivity index (χ2v) is 4.10. The summed E-state index contributed by atoms with van der Waals surface area (Å²) in [6.45, 7) is 1.76. The first-order chi connectivity index (χ1) is 7.28. The smallest absolute Gasteiger partial charge is 0.348 e. The number of hydrogen-bond donors (Lipinski definition) is 1. The van der Waals surface area contributed by atoms with Gasteiger partial charge in [-0.3, -0.25) is 4.79 Å². The molecule has 1 N–H and O–H groups in total. The lowest BCUT2D eigenvalue weighted by Crippen LogP contribution is -2.51. The summed E-state index contributed by atoms with van der Waals surface area (Å²) in [5.74, 6) is -0.532. The summed E-state index contributed by atoms with van der Waals surface area (Å²) in [6.07, 6.45) is -5.59. The van der Waals surface area contributed by atoms with Gasteiger partial charge in [-0.1, -0.05) is 6.92 Å². The molecule has 0 radical (unpaired) electrons. The first-order valence-electron chi connectivity index (χ1n) is 4.78.